The standard InChI is InChI=1S/C15H15BrN2O3/c1-21-15(20)9-6-18(7-9)8-10-4-13(16)12-5-11(19)2-3-14(12)17-10/h2-5,9,19H,6-8H2,1H3. The quantitative estimate of drug-likeness (QED) is 0.860. The highest BCUT2D eigenvalue weighted by atomic mass is 79.9. The lowest BCUT2D eigenvalue weighted by atomic mass is 10.0. The second-order valence-corrected chi connectivity index (χ2v) is 6.07. The summed E-state index contributed by atoms with van der Waals surface area (Å²) >= 11 is 3.51. The number of aromatic nitrogens is 1. The second kappa shape index (κ2) is 5.61. The van der Waals surface area contributed by atoms with Crippen LogP contribution in [0.2, 0.25) is 0 Å². The average Bonchev–Trinajstić information content (AvgIpc) is 2.42. The Bertz CT molecular complexity index is 699. The Morgan fingerprint density at radius 2 is 2.24 bits per heavy atom. The number of esters is 1. The third-order valence-corrected chi connectivity index (χ3v) is 4.33. The molecule has 110 valence electrons. The van der Waals surface area contributed by atoms with Gasteiger partial charge in [0.15, 0.2) is 0 Å². The molecule has 1 aliphatic rings. The average molecular weight is 351 g/mol. The third-order valence-electron chi connectivity index (χ3n) is 3.67. The number of carbonyl (C=O) groups is 1. The molecule has 5 nitrogen and oxygen atoms in total. The molecule has 1 aromatic carbocycles. The molecule has 0 atom stereocenters. The number of halogens is 1. The summed E-state index contributed by atoms with van der Waals surface area (Å²) in [6, 6.07) is 7.06. The topological polar surface area (TPSA) is 62.7 Å². The highest BCUT2D eigenvalue weighted by Crippen LogP contribution is 2.28. The summed E-state index contributed by atoms with van der Waals surface area (Å²) in [5.41, 5.74) is 1.77. The molecule has 0 bridgehead atoms. The van der Waals surface area contributed by atoms with Gasteiger partial charge in [0.1, 0.15) is 5.75 Å². The number of hydrogen-bond acceptors (Lipinski definition) is 5. The molecule has 0 aliphatic carbocycles. The molecule has 3 rings (SSSR count). The van der Waals surface area contributed by atoms with Crippen molar-refractivity contribution >= 4 is 32.8 Å². The number of ether oxygens (including phenoxy) is 1. The number of methoxy groups -OCH3 is 1. The van der Waals surface area contributed by atoms with Gasteiger partial charge in [0, 0.05) is 29.5 Å². The molecule has 0 saturated carbocycles. The second-order valence-electron chi connectivity index (χ2n) is 5.21. The van der Waals surface area contributed by atoms with E-state index in [1.165, 1.54) is 7.11 Å². The highest BCUT2D eigenvalue weighted by molar-refractivity contribution is 9.10. The molecule has 1 saturated heterocycles. The van der Waals surface area contributed by atoms with Gasteiger partial charge in [-0.15, -0.1) is 0 Å². The van der Waals surface area contributed by atoms with Crippen LogP contribution >= 0.6 is 15.9 Å². The summed E-state index contributed by atoms with van der Waals surface area (Å²) in [5, 5.41) is 10.4. The van der Waals surface area contributed by atoms with Crippen molar-refractivity contribution in [1.82, 2.24) is 9.88 Å². The van der Waals surface area contributed by atoms with Crippen molar-refractivity contribution in [3.63, 3.8) is 0 Å². The number of carbonyl (C=O) groups excluding carboxylic acids is 1. The fourth-order valence-electron chi connectivity index (χ4n) is 2.55. The molecule has 21 heavy (non-hydrogen) atoms. The molecule has 0 amide bonds. The maximum absolute atomic E-state index is 11.4. The van der Waals surface area contributed by atoms with Gasteiger partial charge in [-0.3, -0.25) is 14.7 Å². The minimum Gasteiger partial charge on any atom is -0.508 e. The van der Waals surface area contributed by atoms with Crippen LogP contribution in [0.15, 0.2) is 28.7 Å². The molecule has 1 fully saturated rings. The zero-order valence-electron chi connectivity index (χ0n) is 11.5. The molecule has 0 radical (unpaired) electrons. The van der Waals surface area contributed by atoms with Gasteiger partial charge in [0.2, 0.25) is 0 Å². The highest BCUT2D eigenvalue weighted by Gasteiger charge is 2.33. The van der Waals surface area contributed by atoms with E-state index in [1.807, 2.05) is 6.07 Å². The smallest absolute Gasteiger partial charge is 0.311 e. The number of fused-ring (bicyclic) bond motifs is 1. The van der Waals surface area contributed by atoms with Crippen molar-refractivity contribution in [2.24, 2.45) is 5.92 Å². The molecule has 0 spiro atoms. The van der Waals surface area contributed by atoms with Crippen LogP contribution in [-0.2, 0) is 16.1 Å². The summed E-state index contributed by atoms with van der Waals surface area (Å²) in [4.78, 5) is 18.1. The van der Waals surface area contributed by atoms with Crippen LogP contribution in [0.25, 0.3) is 10.9 Å². The van der Waals surface area contributed by atoms with Gasteiger partial charge in [-0.25, -0.2) is 0 Å². The molecule has 1 aromatic heterocycles. The summed E-state index contributed by atoms with van der Waals surface area (Å²) in [6.45, 7) is 2.11. The van der Waals surface area contributed by atoms with E-state index in [0.717, 1.165) is 21.1 Å². The Morgan fingerprint density at radius 1 is 1.48 bits per heavy atom. The first kappa shape index (κ1) is 14.3. The van der Waals surface area contributed by atoms with E-state index in [4.69, 9.17) is 4.74 Å². The van der Waals surface area contributed by atoms with Crippen LogP contribution in [-0.4, -0.2) is 41.2 Å². The SMILES string of the molecule is COC(=O)C1CN(Cc2cc(Br)c3cc(O)ccc3n2)C1. The Labute approximate surface area is 130 Å². The normalized spacial score (nSPS) is 15.9. The van der Waals surface area contributed by atoms with Gasteiger partial charge in [0.25, 0.3) is 0 Å². The van der Waals surface area contributed by atoms with Crippen molar-refractivity contribution < 1.29 is 14.6 Å². The molecule has 2 heterocycles. The van der Waals surface area contributed by atoms with Gasteiger partial charge in [-0.2, -0.15) is 0 Å². The molecule has 1 N–H and O–H groups in total. The number of pyridine rings is 1. The summed E-state index contributed by atoms with van der Waals surface area (Å²) < 4.78 is 5.63. The largest absolute Gasteiger partial charge is 0.508 e. The van der Waals surface area contributed by atoms with Crippen LogP contribution in [0, 0.1) is 5.92 Å². The number of hydrogen-bond donors (Lipinski definition) is 1. The minimum atomic E-state index is -0.144. The fourth-order valence-corrected chi connectivity index (χ4v) is 3.13. The van der Waals surface area contributed by atoms with Crippen molar-refractivity contribution in [1.29, 1.82) is 0 Å². The number of nitrogens with zero attached hydrogens (tertiary/aromatic N) is 2. The van der Waals surface area contributed by atoms with Gasteiger partial charge >= 0.3 is 5.97 Å². The van der Waals surface area contributed by atoms with Gasteiger partial charge < -0.3 is 9.84 Å². The summed E-state index contributed by atoms with van der Waals surface area (Å²) in [5.74, 6) is 0.0617. The van der Waals surface area contributed by atoms with E-state index >= 15 is 0 Å². The van der Waals surface area contributed by atoms with E-state index in [2.05, 4.69) is 25.8 Å². The van der Waals surface area contributed by atoms with E-state index < -0.39 is 0 Å². The number of likely N-dealkylation sites (tertiary alicyclic amines) is 1. The van der Waals surface area contributed by atoms with E-state index in [-0.39, 0.29) is 17.6 Å². The lowest BCUT2D eigenvalue weighted by Gasteiger charge is -2.37. The van der Waals surface area contributed by atoms with Crippen molar-refractivity contribution in [3.8, 4) is 5.75 Å². The van der Waals surface area contributed by atoms with Gasteiger partial charge in [-0.1, -0.05) is 15.9 Å². The Balaban J connectivity index is 1.74. The predicted octanol–water partition coefficient (Wildman–Crippen LogP) is 2.31. The van der Waals surface area contributed by atoms with Gasteiger partial charge in [0.05, 0.1) is 24.2 Å². The Hall–Kier alpha value is -1.66. The van der Waals surface area contributed by atoms with Crippen molar-refractivity contribution in [2.45, 2.75) is 6.54 Å². The van der Waals surface area contributed by atoms with Crippen LogP contribution in [0.4, 0.5) is 0 Å². The predicted molar refractivity (Wildman–Crippen MR) is 81.9 cm³/mol. The molecule has 1 aliphatic heterocycles. The zero-order valence-corrected chi connectivity index (χ0v) is 13.1. The number of phenols is 1. The van der Waals surface area contributed by atoms with Crippen molar-refractivity contribution in [3.05, 3.63) is 34.4 Å². The zero-order chi connectivity index (χ0) is 15.0. The number of benzene rings is 1. The van der Waals surface area contributed by atoms with E-state index in [9.17, 15) is 9.90 Å². The Morgan fingerprint density at radius 3 is 2.95 bits per heavy atom. The first-order chi connectivity index (χ1) is 10.1. The number of aromatic hydroxyl groups is 1. The third kappa shape index (κ3) is 2.87. The summed E-state index contributed by atoms with van der Waals surface area (Å²) in [7, 11) is 1.42. The number of rotatable bonds is 3. The van der Waals surface area contributed by atoms with Gasteiger partial charge in [-0.05, 0) is 24.3 Å². The maximum atomic E-state index is 11.4. The molecule has 6 heteroatoms. The van der Waals surface area contributed by atoms with Crippen LogP contribution < -0.4 is 0 Å². The Kier molecular flexibility index (Phi) is 3.82. The molecular formula is C15H15BrN2O3. The lowest BCUT2D eigenvalue weighted by molar-refractivity contribution is -0.151. The first-order valence-corrected chi connectivity index (χ1v) is 7.44. The lowest BCUT2D eigenvalue weighted by Crippen LogP contribution is -2.50. The monoisotopic (exact) mass is 350 g/mol. The minimum absolute atomic E-state index is 0.0177. The van der Waals surface area contributed by atoms with E-state index in [1.54, 1.807) is 18.2 Å². The first-order valence-electron chi connectivity index (χ1n) is 6.65. The molecule has 0 unspecified atom stereocenters. The fraction of sp³-hybridized carbons (Fsp3) is 0.333. The number of phenolic OH excluding ortho intramolecular Hbond substituents is 1. The maximum Gasteiger partial charge on any atom is 0.311 e. The van der Waals surface area contributed by atoms with Crippen LogP contribution in [0.1, 0.15) is 5.69 Å². The summed E-state index contributed by atoms with van der Waals surface area (Å²) in [6.07, 6.45) is 0. The van der Waals surface area contributed by atoms with Crippen molar-refractivity contribution in [2.75, 3.05) is 20.2 Å². The van der Waals surface area contributed by atoms with E-state index in [0.29, 0.717) is 19.6 Å². The van der Waals surface area contributed by atoms with Crippen LogP contribution in [0.5, 0.6) is 5.75 Å². The molecule has 2 aromatic rings. The van der Waals surface area contributed by atoms with Crippen LogP contribution in [0.3, 0.4) is 0 Å². The molecular weight excluding hydrogens is 336 g/mol.